The first-order valence-electron chi connectivity index (χ1n) is 26.5. The SMILES string of the molecule is CCO.CO.CO.OCC1O[C@@H]2O[C@@H]3C(CO)O[C@H](O[C@@H]4C(CO)O[C@H](O[C@@H]5C(CO)O[C@H](O[C@@H]6C(CO)O[C@H](O[C@@H]7C(CO)O[C@H](O[C@@H]8C(CO)O[C@H](O[C@H]1[C@H](O)C2O)C(O)[C@H]8O)C(O)[C@H]7O)C(O)[C@H]6O)C(O)[C@H]5O)C(O)[C@H]4O)C(O)[C@H]3O. The van der Waals surface area contributed by atoms with E-state index in [1.54, 1.807) is 6.92 Å². The van der Waals surface area contributed by atoms with Gasteiger partial charge in [-0.3, -0.25) is 0 Å². The topological polar surface area (TPSA) is 615 Å². The Morgan fingerprint density at radius 3 is 0.369 bits per heavy atom. The molecule has 35 atom stereocenters. The summed E-state index contributed by atoms with van der Waals surface area (Å²) in [5.74, 6) is 0. The van der Waals surface area contributed by atoms with Crippen LogP contribution in [0.2, 0.25) is 0 Å². The first kappa shape index (κ1) is 73.2. The van der Waals surface area contributed by atoms with Crippen LogP contribution in [0.25, 0.3) is 0 Å². The third-order valence-electron chi connectivity index (χ3n) is 14.8. The molecule has 38 heteroatoms. The van der Waals surface area contributed by atoms with Crippen molar-refractivity contribution in [1.29, 1.82) is 0 Å². The lowest BCUT2D eigenvalue weighted by atomic mass is 9.95. The van der Waals surface area contributed by atoms with Gasteiger partial charge < -0.3 is 189 Å². The Labute approximate surface area is 477 Å². The molecule has 24 N–H and O–H groups in total. The maximum atomic E-state index is 11.3. The van der Waals surface area contributed by atoms with Gasteiger partial charge in [0.2, 0.25) is 0 Å². The minimum absolute atomic E-state index is 0.250. The van der Waals surface area contributed by atoms with Crippen molar-refractivity contribution in [1.82, 2.24) is 0 Å². The molecule has 0 amide bonds. The van der Waals surface area contributed by atoms with Gasteiger partial charge >= 0.3 is 0 Å². The lowest BCUT2D eigenvalue weighted by molar-refractivity contribution is -0.396. The highest BCUT2D eigenvalue weighted by atomic mass is 16.8. The molecule has 84 heavy (non-hydrogen) atoms. The molecule has 38 nitrogen and oxygen atoms in total. The smallest absolute Gasteiger partial charge is 0.187 e. The summed E-state index contributed by atoms with van der Waals surface area (Å²) in [6.07, 6.45) is -70.2. The predicted molar refractivity (Wildman–Crippen MR) is 257 cm³/mol. The van der Waals surface area contributed by atoms with Crippen molar-refractivity contribution in [3.8, 4) is 0 Å². The number of hydrogen-bond donors (Lipinski definition) is 24. The summed E-state index contributed by atoms with van der Waals surface area (Å²) < 4.78 is 79.5. The van der Waals surface area contributed by atoms with Crippen LogP contribution in [-0.4, -0.2) is 405 Å². The van der Waals surface area contributed by atoms with E-state index in [2.05, 4.69) is 0 Å². The van der Waals surface area contributed by atoms with E-state index in [0.717, 1.165) is 14.2 Å². The van der Waals surface area contributed by atoms with E-state index in [0.29, 0.717) is 0 Å². The zero-order valence-electron chi connectivity index (χ0n) is 45.3. The highest BCUT2D eigenvalue weighted by Gasteiger charge is 2.59. The summed E-state index contributed by atoms with van der Waals surface area (Å²) in [5.41, 5.74) is 0. The van der Waals surface area contributed by atoms with Gasteiger partial charge in [0.25, 0.3) is 0 Å². The van der Waals surface area contributed by atoms with Crippen LogP contribution in [0, 0.1) is 0 Å². The molecule has 0 saturated carbocycles. The van der Waals surface area contributed by atoms with Gasteiger partial charge in [-0.2, -0.15) is 0 Å². The van der Waals surface area contributed by atoms with Gasteiger partial charge in [-0.1, -0.05) is 0 Å². The molecule has 0 aliphatic carbocycles. The standard InChI is InChI=1S/C42H70O35.C2H6O.2CH4O/c43-1-8-29-15(50)22(57)36(64-8)72-30-9(2-44)66-38(24(59)17(30)52)74-32-11(4-46)68-40(26(61)19(32)54)76-34-13(6-48)70-42(28(63)21(34)56)77-35-14(7-49)69-41(27(62)20(35)55)75-33-12(5-47)67-39(25(60)18(33)53)73-31-10(3-45)65-37(71-29)23(58)16(31)51;1-2-3;2*1-2/h8-63H,1-7H2;3H,2H2,1H3;2*2H,1H3/t8?,9?,10?,11?,12?,13?,14?,15-,16-,17-,18-,19-,20-,21-,22?,23?,24?,25?,26?,27?,28?,29-,30-,31-,32-,33-,34-,35-,36-,37-,38-,39-,40-,41-,42-;;;/m1.../s1. The van der Waals surface area contributed by atoms with Crippen molar-refractivity contribution in [3.05, 3.63) is 0 Å². The molecular weight excluding hydrogens is 1160 g/mol. The van der Waals surface area contributed by atoms with Crippen molar-refractivity contribution in [3.63, 3.8) is 0 Å². The van der Waals surface area contributed by atoms with Gasteiger partial charge in [0.05, 0.1) is 46.2 Å². The largest absolute Gasteiger partial charge is 0.400 e. The molecule has 14 bridgehead atoms. The van der Waals surface area contributed by atoms with E-state index in [-0.39, 0.29) is 6.61 Å². The molecule has 21 fully saturated rings. The van der Waals surface area contributed by atoms with Crippen LogP contribution in [0.3, 0.4) is 0 Å². The van der Waals surface area contributed by atoms with E-state index in [1.807, 2.05) is 0 Å². The molecule has 21 rings (SSSR count). The summed E-state index contributed by atoms with van der Waals surface area (Å²) in [5, 5.41) is 252. The monoisotopic (exact) mass is 1240 g/mol. The summed E-state index contributed by atoms with van der Waals surface area (Å²) >= 11 is 0. The van der Waals surface area contributed by atoms with E-state index >= 15 is 0 Å². The molecule has 496 valence electrons. The van der Waals surface area contributed by atoms with E-state index in [1.165, 1.54) is 0 Å². The van der Waals surface area contributed by atoms with Crippen LogP contribution in [0.1, 0.15) is 6.92 Å². The van der Waals surface area contributed by atoms with E-state index in [4.69, 9.17) is 81.6 Å². The molecule has 14 unspecified atom stereocenters. The summed E-state index contributed by atoms with van der Waals surface area (Å²) in [4.78, 5) is 0. The van der Waals surface area contributed by atoms with Crippen LogP contribution in [0.15, 0.2) is 0 Å². The van der Waals surface area contributed by atoms with Crippen LogP contribution in [0.5, 0.6) is 0 Å². The Balaban J connectivity index is 0.00000177. The molecule has 0 aromatic heterocycles. The van der Waals surface area contributed by atoms with Gasteiger partial charge in [-0.05, 0) is 6.92 Å². The fourth-order valence-corrected chi connectivity index (χ4v) is 10.4. The maximum absolute atomic E-state index is 11.3. The molecule has 21 aliphatic heterocycles. The van der Waals surface area contributed by atoms with Crippen LogP contribution in [-0.2, 0) is 66.3 Å². The molecule has 21 heterocycles. The Bertz CT molecular complexity index is 1490. The number of hydrogen-bond acceptors (Lipinski definition) is 38. The fraction of sp³-hybridized carbons (Fsp3) is 1.00. The Morgan fingerprint density at radius 2 is 0.286 bits per heavy atom. The first-order chi connectivity index (χ1) is 40.1. The zero-order chi connectivity index (χ0) is 62.8. The molecular formula is C46H84O38. The van der Waals surface area contributed by atoms with Gasteiger partial charge in [-0.15, -0.1) is 0 Å². The molecule has 0 radical (unpaired) electrons. The predicted octanol–water partition coefficient (Wildman–Crippen LogP) is -16.0. The van der Waals surface area contributed by atoms with Crippen molar-refractivity contribution < 1.29 is 189 Å². The Kier molecular flexibility index (Phi) is 29.2. The van der Waals surface area contributed by atoms with Gasteiger partial charge in [0.15, 0.2) is 44.0 Å². The molecule has 0 aromatic rings. The van der Waals surface area contributed by atoms with E-state index in [9.17, 15) is 107 Å². The van der Waals surface area contributed by atoms with Crippen molar-refractivity contribution >= 4 is 0 Å². The molecule has 21 aliphatic rings. The lowest BCUT2D eigenvalue weighted by Crippen LogP contribution is -2.68. The summed E-state index contributed by atoms with van der Waals surface area (Å²) in [6.45, 7) is -5.40. The third kappa shape index (κ3) is 15.6. The fourth-order valence-electron chi connectivity index (χ4n) is 10.4. The van der Waals surface area contributed by atoms with Crippen LogP contribution >= 0.6 is 0 Å². The Hall–Kier alpha value is -1.52. The average molecular weight is 1250 g/mol. The maximum Gasteiger partial charge on any atom is 0.187 e. The third-order valence-corrected chi connectivity index (χ3v) is 14.8. The average Bonchev–Trinajstić information content (AvgIpc) is 2.27. The Morgan fingerprint density at radius 1 is 0.190 bits per heavy atom. The summed E-state index contributed by atoms with van der Waals surface area (Å²) in [7, 11) is 2.00. The van der Waals surface area contributed by atoms with E-state index < -0.39 is 261 Å². The quantitative estimate of drug-likeness (QED) is 0.113. The second-order valence-corrected chi connectivity index (χ2v) is 20.0. The lowest BCUT2D eigenvalue weighted by Gasteiger charge is -2.50. The minimum atomic E-state index is -2.21. The van der Waals surface area contributed by atoms with Crippen molar-refractivity contribution in [2.75, 3.05) is 67.1 Å². The molecule has 21 saturated heterocycles. The van der Waals surface area contributed by atoms with Crippen LogP contribution < -0.4 is 0 Å². The first-order valence-corrected chi connectivity index (χ1v) is 26.5. The summed E-state index contributed by atoms with van der Waals surface area (Å²) in [6, 6.07) is 0. The number of aliphatic hydroxyl groups excluding tert-OH is 24. The minimum Gasteiger partial charge on any atom is -0.400 e. The zero-order valence-corrected chi connectivity index (χ0v) is 45.3. The van der Waals surface area contributed by atoms with Gasteiger partial charge in [0.1, 0.15) is 171 Å². The second-order valence-electron chi connectivity index (χ2n) is 20.0. The number of rotatable bonds is 7. The highest BCUT2D eigenvalue weighted by molar-refractivity contribution is 5.01. The number of aliphatic hydroxyl groups is 24. The molecule has 0 spiro atoms. The van der Waals surface area contributed by atoms with Crippen molar-refractivity contribution in [2.45, 2.75) is 222 Å². The van der Waals surface area contributed by atoms with Crippen molar-refractivity contribution in [2.24, 2.45) is 0 Å². The van der Waals surface area contributed by atoms with Crippen LogP contribution in [0.4, 0.5) is 0 Å². The normalized spacial score (nSPS) is 51.1. The van der Waals surface area contributed by atoms with Gasteiger partial charge in [0, 0.05) is 20.8 Å². The highest BCUT2D eigenvalue weighted by Crippen LogP contribution is 2.39. The van der Waals surface area contributed by atoms with Gasteiger partial charge in [-0.25, -0.2) is 0 Å². The number of ether oxygens (including phenoxy) is 14. The second kappa shape index (κ2) is 33.5. The molecule has 0 aromatic carbocycles.